The highest BCUT2D eigenvalue weighted by Gasteiger charge is 2.19. The van der Waals surface area contributed by atoms with E-state index in [2.05, 4.69) is 22.5 Å². The van der Waals surface area contributed by atoms with Gasteiger partial charge in [-0.05, 0) is 32.1 Å². The van der Waals surface area contributed by atoms with E-state index in [0.29, 0.717) is 6.54 Å². The maximum atomic E-state index is 13.8. The second-order valence-electron chi connectivity index (χ2n) is 5.63. The Kier molecular flexibility index (Phi) is 5.15. The summed E-state index contributed by atoms with van der Waals surface area (Å²) in [7, 11) is 0. The number of pyridine rings is 1. The van der Waals surface area contributed by atoms with Crippen LogP contribution in [0.25, 0.3) is 0 Å². The molecule has 1 heterocycles. The third kappa shape index (κ3) is 3.81. The molecule has 0 spiro atoms. The van der Waals surface area contributed by atoms with Gasteiger partial charge in [-0.2, -0.15) is 0 Å². The second-order valence-corrected chi connectivity index (χ2v) is 5.63. The van der Waals surface area contributed by atoms with Crippen molar-refractivity contribution in [2.75, 3.05) is 17.2 Å². The first-order valence-electron chi connectivity index (χ1n) is 7.46. The zero-order valence-electron chi connectivity index (χ0n) is 12.2. The first-order chi connectivity index (χ1) is 9.60. The predicted octanol–water partition coefficient (Wildman–Crippen LogP) is 4.17. The molecule has 2 rings (SSSR count). The monoisotopic (exact) mass is 283 g/mol. The standard InChI is InChI=1S/C15H23F2N3/c1-3-18-14-12(16)9-13(17)15(20-14)19-11-6-4-5-10(2)7-8-11/h9-11H,3-8H2,1-2H3,(H2,18,19,20). The van der Waals surface area contributed by atoms with E-state index in [1.54, 1.807) is 0 Å². The van der Waals surface area contributed by atoms with Gasteiger partial charge in [0.1, 0.15) is 0 Å². The Morgan fingerprint density at radius 3 is 2.65 bits per heavy atom. The summed E-state index contributed by atoms with van der Waals surface area (Å²) in [5.41, 5.74) is 0. The maximum absolute atomic E-state index is 13.8. The highest BCUT2D eigenvalue weighted by Crippen LogP contribution is 2.26. The van der Waals surface area contributed by atoms with Crippen LogP contribution in [-0.2, 0) is 0 Å². The van der Waals surface area contributed by atoms with Crippen molar-refractivity contribution in [1.29, 1.82) is 0 Å². The zero-order chi connectivity index (χ0) is 14.5. The molecule has 2 N–H and O–H groups in total. The molecule has 0 radical (unpaired) electrons. The average molecular weight is 283 g/mol. The van der Waals surface area contributed by atoms with Crippen molar-refractivity contribution in [3.05, 3.63) is 17.7 Å². The van der Waals surface area contributed by atoms with Crippen LogP contribution in [-0.4, -0.2) is 17.6 Å². The van der Waals surface area contributed by atoms with Gasteiger partial charge in [-0.25, -0.2) is 13.8 Å². The first kappa shape index (κ1) is 15.0. The lowest BCUT2D eigenvalue weighted by Gasteiger charge is -2.18. The Hall–Kier alpha value is -1.39. The minimum Gasteiger partial charge on any atom is -0.368 e. The summed E-state index contributed by atoms with van der Waals surface area (Å²) in [4.78, 5) is 4.03. The molecule has 20 heavy (non-hydrogen) atoms. The molecule has 1 aliphatic carbocycles. The van der Waals surface area contributed by atoms with E-state index in [9.17, 15) is 8.78 Å². The van der Waals surface area contributed by atoms with Gasteiger partial charge in [-0.1, -0.05) is 19.8 Å². The Morgan fingerprint density at radius 1 is 1.15 bits per heavy atom. The normalized spacial score (nSPS) is 23.2. The molecule has 1 aromatic heterocycles. The van der Waals surface area contributed by atoms with E-state index in [1.807, 2.05) is 6.92 Å². The summed E-state index contributed by atoms with van der Waals surface area (Å²) in [6, 6.07) is 1.12. The number of aromatic nitrogens is 1. The molecular weight excluding hydrogens is 260 g/mol. The van der Waals surface area contributed by atoms with Gasteiger partial charge in [0, 0.05) is 18.7 Å². The number of nitrogens with one attached hydrogen (secondary N) is 2. The third-order valence-electron chi connectivity index (χ3n) is 3.87. The topological polar surface area (TPSA) is 37.0 Å². The lowest BCUT2D eigenvalue weighted by atomic mass is 10.0. The summed E-state index contributed by atoms with van der Waals surface area (Å²) in [5.74, 6) is -0.281. The van der Waals surface area contributed by atoms with Gasteiger partial charge >= 0.3 is 0 Å². The molecule has 0 aromatic carbocycles. The smallest absolute Gasteiger partial charge is 0.168 e. The van der Waals surface area contributed by atoms with Crippen molar-refractivity contribution in [2.45, 2.75) is 52.0 Å². The molecule has 0 bridgehead atoms. The minimum atomic E-state index is -0.649. The van der Waals surface area contributed by atoms with Gasteiger partial charge in [-0.3, -0.25) is 0 Å². The second kappa shape index (κ2) is 6.86. The van der Waals surface area contributed by atoms with Crippen LogP contribution in [0.1, 0.15) is 46.0 Å². The van der Waals surface area contributed by atoms with Crippen LogP contribution in [0, 0.1) is 17.6 Å². The molecule has 1 fully saturated rings. The van der Waals surface area contributed by atoms with Crippen LogP contribution in [0.3, 0.4) is 0 Å². The fourth-order valence-electron chi connectivity index (χ4n) is 2.68. The van der Waals surface area contributed by atoms with Crippen LogP contribution in [0.2, 0.25) is 0 Å². The van der Waals surface area contributed by atoms with E-state index in [4.69, 9.17) is 0 Å². The molecule has 0 amide bonds. The van der Waals surface area contributed by atoms with Crippen molar-refractivity contribution in [3.8, 4) is 0 Å². The van der Waals surface area contributed by atoms with Crippen LogP contribution in [0.5, 0.6) is 0 Å². The molecule has 0 aliphatic heterocycles. The van der Waals surface area contributed by atoms with E-state index in [-0.39, 0.29) is 17.7 Å². The Morgan fingerprint density at radius 2 is 1.90 bits per heavy atom. The molecule has 1 aliphatic rings. The Bertz CT molecular complexity index is 451. The minimum absolute atomic E-state index is 0.110. The number of anilines is 2. The summed E-state index contributed by atoms with van der Waals surface area (Å²) < 4.78 is 27.3. The van der Waals surface area contributed by atoms with Crippen molar-refractivity contribution in [2.24, 2.45) is 5.92 Å². The van der Waals surface area contributed by atoms with Crippen LogP contribution in [0.15, 0.2) is 6.07 Å². The van der Waals surface area contributed by atoms with Gasteiger partial charge in [0.25, 0.3) is 0 Å². The van der Waals surface area contributed by atoms with Gasteiger partial charge in [0.15, 0.2) is 23.3 Å². The summed E-state index contributed by atoms with van der Waals surface area (Å²) in [6.07, 6.45) is 5.53. The van der Waals surface area contributed by atoms with E-state index in [0.717, 1.165) is 37.7 Å². The van der Waals surface area contributed by atoms with Gasteiger partial charge in [-0.15, -0.1) is 0 Å². The zero-order valence-corrected chi connectivity index (χ0v) is 12.2. The molecule has 2 unspecified atom stereocenters. The summed E-state index contributed by atoms with van der Waals surface area (Å²) in [6.45, 7) is 4.66. The molecule has 5 heteroatoms. The van der Waals surface area contributed by atoms with Crippen molar-refractivity contribution >= 4 is 11.6 Å². The van der Waals surface area contributed by atoms with E-state index < -0.39 is 11.6 Å². The average Bonchev–Trinajstić information content (AvgIpc) is 2.60. The van der Waals surface area contributed by atoms with E-state index in [1.165, 1.54) is 6.42 Å². The Balaban J connectivity index is 2.09. The van der Waals surface area contributed by atoms with E-state index >= 15 is 0 Å². The third-order valence-corrected chi connectivity index (χ3v) is 3.87. The van der Waals surface area contributed by atoms with Gasteiger partial charge in [0.2, 0.25) is 0 Å². The predicted molar refractivity (Wildman–Crippen MR) is 78.0 cm³/mol. The van der Waals surface area contributed by atoms with Crippen LogP contribution >= 0.6 is 0 Å². The molecular formula is C15H23F2N3. The molecule has 2 atom stereocenters. The quantitative estimate of drug-likeness (QED) is 0.814. The fraction of sp³-hybridized carbons (Fsp3) is 0.667. The lowest BCUT2D eigenvalue weighted by Crippen LogP contribution is -2.21. The van der Waals surface area contributed by atoms with Crippen LogP contribution in [0.4, 0.5) is 20.4 Å². The van der Waals surface area contributed by atoms with Crippen molar-refractivity contribution in [1.82, 2.24) is 4.98 Å². The largest absolute Gasteiger partial charge is 0.368 e. The fourth-order valence-corrected chi connectivity index (χ4v) is 2.68. The van der Waals surface area contributed by atoms with Gasteiger partial charge in [0.05, 0.1) is 0 Å². The highest BCUT2D eigenvalue weighted by atomic mass is 19.1. The number of hydrogen-bond donors (Lipinski definition) is 2. The molecule has 112 valence electrons. The molecule has 3 nitrogen and oxygen atoms in total. The van der Waals surface area contributed by atoms with Gasteiger partial charge < -0.3 is 10.6 Å². The highest BCUT2D eigenvalue weighted by molar-refractivity contribution is 5.48. The van der Waals surface area contributed by atoms with Crippen molar-refractivity contribution in [3.63, 3.8) is 0 Å². The van der Waals surface area contributed by atoms with Crippen LogP contribution < -0.4 is 10.6 Å². The maximum Gasteiger partial charge on any atom is 0.168 e. The lowest BCUT2D eigenvalue weighted by molar-refractivity contribution is 0.501. The SMILES string of the molecule is CCNc1nc(NC2CCCC(C)CC2)c(F)cc1F. The molecule has 1 aromatic rings. The summed E-state index contributed by atoms with van der Waals surface area (Å²) >= 11 is 0. The molecule has 1 saturated carbocycles. The first-order valence-corrected chi connectivity index (χ1v) is 7.46. The van der Waals surface area contributed by atoms with Crippen molar-refractivity contribution < 1.29 is 8.78 Å². The number of halogens is 2. The summed E-state index contributed by atoms with van der Waals surface area (Å²) in [5, 5.41) is 5.95. The number of hydrogen-bond acceptors (Lipinski definition) is 3. The Labute approximate surface area is 119 Å². The number of nitrogens with zero attached hydrogens (tertiary/aromatic N) is 1. The number of rotatable bonds is 4. The molecule has 0 saturated heterocycles.